The van der Waals surface area contributed by atoms with Gasteiger partial charge in [0.05, 0.1) is 5.56 Å². The lowest BCUT2D eigenvalue weighted by molar-refractivity contribution is -0.137. The zero-order valence-electron chi connectivity index (χ0n) is 14.3. The van der Waals surface area contributed by atoms with Crippen LogP contribution >= 0.6 is 12.4 Å². The molecule has 0 saturated carbocycles. The van der Waals surface area contributed by atoms with E-state index in [4.69, 9.17) is 10.5 Å². The number of halogens is 4. The number of carbonyl (C=O) groups is 1. The monoisotopic (exact) mass is 388 g/mol. The SMILES string of the molecule is Cc1cccc(C)c1OCC(=O)Nc1cc(CN)cc(C(F)(F)F)c1.Cl. The Bertz CT molecular complexity index is 759. The molecule has 2 aromatic carbocycles. The van der Waals surface area contributed by atoms with Crippen molar-refractivity contribution in [3.8, 4) is 5.75 Å². The molecule has 3 N–H and O–H groups in total. The Morgan fingerprint density at radius 3 is 2.31 bits per heavy atom. The minimum atomic E-state index is -4.51. The average Bonchev–Trinajstić information content (AvgIpc) is 2.53. The molecule has 0 saturated heterocycles. The molecule has 4 nitrogen and oxygen atoms in total. The molecule has 0 aliphatic heterocycles. The van der Waals surface area contributed by atoms with Crippen LogP contribution < -0.4 is 15.8 Å². The minimum absolute atomic E-state index is 0. The highest BCUT2D eigenvalue weighted by Crippen LogP contribution is 2.32. The van der Waals surface area contributed by atoms with Crippen LogP contribution in [0.2, 0.25) is 0 Å². The molecule has 0 bridgehead atoms. The topological polar surface area (TPSA) is 64.3 Å². The molecule has 2 aromatic rings. The van der Waals surface area contributed by atoms with Gasteiger partial charge in [-0.2, -0.15) is 13.2 Å². The fourth-order valence-corrected chi connectivity index (χ4v) is 2.41. The summed E-state index contributed by atoms with van der Waals surface area (Å²) < 4.78 is 44.2. The minimum Gasteiger partial charge on any atom is -0.483 e. The Balaban J connectivity index is 0.00000338. The average molecular weight is 389 g/mol. The van der Waals surface area contributed by atoms with Gasteiger partial charge in [-0.25, -0.2) is 0 Å². The van der Waals surface area contributed by atoms with Crippen LogP contribution in [0.4, 0.5) is 18.9 Å². The number of aryl methyl sites for hydroxylation is 2. The third kappa shape index (κ3) is 5.64. The fourth-order valence-electron chi connectivity index (χ4n) is 2.41. The lowest BCUT2D eigenvalue weighted by Gasteiger charge is -2.14. The molecule has 0 heterocycles. The van der Waals surface area contributed by atoms with Crippen molar-refractivity contribution in [3.63, 3.8) is 0 Å². The van der Waals surface area contributed by atoms with Crippen LogP contribution in [-0.2, 0) is 17.5 Å². The Hall–Kier alpha value is -2.25. The predicted octanol–water partition coefficient (Wildman–Crippen LogP) is 4.22. The molecule has 1 amide bonds. The second-order valence-corrected chi connectivity index (χ2v) is 5.68. The Kier molecular flexibility index (Phi) is 7.47. The zero-order chi connectivity index (χ0) is 18.6. The number of anilines is 1. The van der Waals surface area contributed by atoms with Crippen LogP contribution in [-0.4, -0.2) is 12.5 Å². The first-order valence-corrected chi connectivity index (χ1v) is 7.61. The first-order chi connectivity index (χ1) is 11.7. The maximum absolute atomic E-state index is 12.9. The van der Waals surface area contributed by atoms with E-state index >= 15 is 0 Å². The van der Waals surface area contributed by atoms with Crippen molar-refractivity contribution in [3.05, 3.63) is 58.7 Å². The van der Waals surface area contributed by atoms with Gasteiger partial charge in [0.2, 0.25) is 0 Å². The summed E-state index contributed by atoms with van der Waals surface area (Å²) in [7, 11) is 0. The van der Waals surface area contributed by atoms with E-state index in [1.807, 2.05) is 32.0 Å². The summed E-state index contributed by atoms with van der Waals surface area (Å²) in [4.78, 5) is 12.0. The van der Waals surface area contributed by atoms with Crippen molar-refractivity contribution in [1.82, 2.24) is 0 Å². The van der Waals surface area contributed by atoms with Crippen molar-refractivity contribution in [2.75, 3.05) is 11.9 Å². The molecule has 0 aromatic heterocycles. The number of ether oxygens (including phenoxy) is 1. The van der Waals surface area contributed by atoms with E-state index in [1.165, 1.54) is 6.07 Å². The molecule has 0 unspecified atom stereocenters. The van der Waals surface area contributed by atoms with E-state index < -0.39 is 17.6 Å². The molecule has 0 aliphatic rings. The van der Waals surface area contributed by atoms with Crippen molar-refractivity contribution < 1.29 is 22.7 Å². The molecule has 0 aliphatic carbocycles. The number of para-hydroxylation sites is 1. The third-order valence-corrected chi connectivity index (χ3v) is 3.60. The second-order valence-electron chi connectivity index (χ2n) is 5.68. The summed E-state index contributed by atoms with van der Waals surface area (Å²) in [6.45, 7) is 3.33. The van der Waals surface area contributed by atoms with Crippen LogP contribution in [0.1, 0.15) is 22.3 Å². The smallest absolute Gasteiger partial charge is 0.416 e. The van der Waals surface area contributed by atoms with Crippen LogP contribution in [0, 0.1) is 13.8 Å². The summed E-state index contributed by atoms with van der Waals surface area (Å²) in [5, 5.41) is 2.42. The van der Waals surface area contributed by atoms with E-state index in [2.05, 4.69) is 5.32 Å². The maximum Gasteiger partial charge on any atom is 0.416 e. The summed E-state index contributed by atoms with van der Waals surface area (Å²) in [5.41, 5.74) is 6.62. The van der Waals surface area contributed by atoms with Gasteiger partial charge in [0, 0.05) is 12.2 Å². The van der Waals surface area contributed by atoms with Crippen molar-refractivity contribution in [2.24, 2.45) is 5.73 Å². The Labute approximate surface area is 155 Å². The molecular formula is C18H20ClF3N2O2. The van der Waals surface area contributed by atoms with E-state index in [9.17, 15) is 18.0 Å². The molecule has 0 spiro atoms. The number of benzene rings is 2. The summed E-state index contributed by atoms with van der Waals surface area (Å²) in [5.74, 6) is 0.0364. The number of alkyl halides is 3. The normalized spacial score (nSPS) is 10.8. The van der Waals surface area contributed by atoms with Crippen molar-refractivity contribution in [2.45, 2.75) is 26.6 Å². The fraction of sp³-hybridized carbons (Fsp3) is 0.278. The second kappa shape index (κ2) is 8.91. The van der Waals surface area contributed by atoms with Gasteiger partial charge in [-0.3, -0.25) is 4.79 Å². The number of hydrogen-bond donors (Lipinski definition) is 2. The largest absolute Gasteiger partial charge is 0.483 e. The lowest BCUT2D eigenvalue weighted by atomic mass is 10.1. The number of amides is 1. The molecule has 0 radical (unpaired) electrons. The lowest BCUT2D eigenvalue weighted by Crippen LogP contribution is -2.21. The Morgan fingerprint density at radius 1 is 1.15 bits per heavy atom. The van der Waals surface area contributed by atoms with Crippen LogP contribution in [0.3, 0.4) is 0 Å². The van der Waals surface area contributed by atoms with E-state index in [-0.39, 0.29) is 36.8 Å². The van der Waals surface area contributed by atoms with Gasteiger partial charge < -0.3 is 15.8 Å². The molecule has 8 heteroatoms. The van der Waals surface area contributed by atoms with Gasteiger partial charge in [0.1, 0.15) is 5.75 Å². The van der Waals surface area contributed by atoms with Gasteiger partial charge in [0.15, 0.2) is 6.61 Å². The summed E-state index contributed by atoms with van der Waals surface area (Å²) in [6, 6.07) is 8.81. The standard InChI is InChI=1S/C18H19F3N2O2.ClH/c1-11-4-3-5-12(2)17(11)25-10-16(24)23-15-7-13(9-22)6-14(8-15)18(19,20)21;/h3-8H,9-10,22H2,1-2H3,(H,23,24);1H. The third-order valence-electron chi connectivity index (χ3n) is 3.60. The van der Waals surface area contributed by atoms with Crippen molar-refractivity contribution >= 4 is 24.0 Å². The molecule has 2 rings (SSSR count). The van der Waals surface area contributed by atoms with E-state index in [0.29, 0.717) is 5.75 Å². The van der Waals surface area contributed by atoms with Crippen LogP contribution in [0.25, 0.3) is 0 Å². The number of nitrogens with two attached hydrogens (primary N) is 1. The van der Waals surface area contributed by atoms with Gasteiger partial charge in [0.25, 0.3) is 5.91 Å². The number of carbonyl (C=O) groups excluding carboxylic acids is 1. The first-order valence-electron chi connectivity index (χ1n) is 7.61. The van der Waals surface area contributed by atoms with Gasteiger partial charge >= 0.3 is 6.18 Å². The number of hydrogen-bond acceptors (Lipinski definition) is 3. The van der Waals surface area contributed by atoms with Crippen molar-refractivity contribution in [1.29, 1.82) is 0 Å². The molecule has 0 atom stereocenters. The molecular weight excluding hydrogens is 369 g/mol. The molecule has 26 heavy (non-hydrogen) atoms. The zero-order valence-corrected chi connectivity index (χ0v) is 15.1. The number of nitrogens with one attached hydrogen (secondary N) is 1. The summed E-state index contributed by atoms with van der Waals surface area (Å²) >= 11 is 0. The van der Waals surface area contributed by atoms with Gasteiger partial charge in [-0.1, -0.05) is 18.2 Å². The van der Waals surface area contributed by atoms with Gasteiger partial charge in [-0.05, 0) is 48.7 Å². The van der Waals surface area contributed by atoms with Gasteiger partial charge in [-0.15, -0.1) is 12.4 Å². The highest BCUT2D eigenvalue weighted by atomic mass is 35.5. The highest BCUT2D eigenvalue weighted by Gasteiger charge is 2.31. The predicted molar refractivity (Wildman–Crippen MR) is 96.6 cm³/mol. The highest BCUT2D eigenvalue weighted by molar-refractivity contribution is 5.92. The van der Waals surface area contributed by atoms with E-state index in [1.54, 1.807) is 0 Å². The summed E-state index contributed by atoms with van der Waals surface area (Å²) in [6.07, 6.45) is -4.51. The quantitative estimate of drug-likeness (QED) is 0.806. The first kappa shape index (κ1) is 21.8. The maximum atomic E-state index is 12.9. The number of rotatable bonds is 5. The van der Waals surface area contributed by atoms with Crippen LogP contribution in [0.5, 0.6) is 5.75 Å². The van der Waals surface area contributed by atoms with E-state index in [0.717, 1.165) is 23.3 Å². The Morgan fingerprint density at radius 2 is 1.77 bits per heavy atom. The molecule has 0 fully saturated rings. The van der Waals surface area contributed by atoms with Crippen LogP contribution in [0.15, 0.2) is 36.4 Å². The molecule has 142 valence electrons.